The number of aryl methyl sites for hydroxylation is 1. The van der Waals surface area contributed by atoms with Crippen LogP contribution in [0.15, 0.2) is 47.5 Å². The fraction of sp³-hybridized carbons (Fsp3) is 0.263. The molecule has 1 unspecified atom stereocenters. The van der Waals surface area contributed by atoms with Gasteiger partial charge in [0.1, 0.15) is 17.0 Å². The number of benzene rings is 1. The van der Waals surface area contributed by atoms with Gasteiger partial charge in [0.05, 0.1) is 24.7 Å². The first-order chi connectivity index (χ1) is 14.6. The molecule has 0 bridgehead atoms. The van der Waals surface area contributed by atoms with Crippen LogP contribution in [0.1, 0.15) is 17.3 Å². The first-order valence-electron chi connectivity index (χ1n) is 8.98. The minimum atomic E-state index is -4.83. The molecular formula is C19H18F3N5O4. The van der Waals surface area contributed by atoms with E-state index >= 15 is 0 Å². The van der Waals surface area contributed by atoms with E-state index < -0.39 is 29.6 Å². The largest absolute Gasteiger partial charge is 0.573 e. The summed E-state index contributed by atoms with van der Waals surface area (Å²) in [7, 11) is 1.63. The molecule has 12 heteroatoms. The molecule has 2 heterocycles. The van der Waals surface area contributed by atoms with Gasteiger partial charge in [-0.05, 0) is 37.3 Å². The van der Waals surface area contributed by atoms with Crippen molar-refractivity contribution in [1.29, 1.82) is 0 Å². The van der Waals surface area contributed by atoms with Crippen LogP contribution < -0.4 is 15.6 Å². The van der Waals surface area contributed by atoms with E-state index in [0.29, 0.717) is 5.56 Å². The molecule has 2 N–H and O–H groups in total. The highest BCUT2D eigenvalue weighted by Gasteiger charge is 2.31. The summed E-state index contributed by atoms with van der Waals surface area (Å²) < 4.78 is 43.4. The van der Waals surface area contributed by atoms with E-state index in [-0.39, 0.29) is 23.6 Å². The minimum absolute atomic E-state index is 0.156. The third kappa shape index (κ3) is 5.28. The Labute approximate surface area is 173 Å². The maximum absolute atomic E-state index is 12.9. The van der Waals surface area contributed by atoms with Gasteiger partial charge in [-0.3, -0.25) is 14.3 Å². The number of alkyl halides is 3. The van der Waals surface area contributed by atoms with E-state index in [0.717, 1.165) is 16.8 Å². The van der Waals surface area contributed by atoms with Crippen LogP contribution in [-0.2, 0) is 7.05 Å². The highest BCUT2D eigenvalue weighted by molar-refractivity contribution is 5.95. The Kier molecular flexibility index (Phi) is 6.11. The average molecular weight is 437 g/mol. The zero-order valence-corrected chi connectivity index (χ0v) is 16.4. The molecule has 0 aliphatic carbocycles. The van der Waals surface area contributed by atoms with E-state index in [4.69, 9.17) is 5.11 Å². The number of aromatic nitrogens is 4. The van der Waals surface area contributed by atoms with Gasteiger partial charge in [0.2, 0.25) is 0 Å². The van der Waals surface area contributed by atoms with Gasteiger partial charge in [0, 0.05) is 18.7 Å². The van der Waals surface area contributed by atoms with Gasteiger partial charge in [-0.25, -0.2) is 0 Å². The summed E-state index contributed by atoms with van der Waals surface area (Å²) in [4.78, 5) is 25.5. The Hall–Kier alpha value is -3.67. The van der Waals surface area contributed by atoms with E-state index in [9.17, 15) is 22.8 Å². The van der Waals surface area contributed by atoms with Crippen LogP contribution in [0.4, 0.5) is 13.2 Å². The van der Waals surface area contributed by atoms with E-state index in [1.165, 1.54) is 35.3 Å². The maximum Gasteiger partial charge on any atom is 0.573 e. The molecule has 0 aliphatic rings. The summed E-state index contributed by atoms with van der Waals surface area (Å²) in [5.74, 6) is -1.16. The van der Waals surface area contributed by atoms with Crippen LogP contribution in [0.5, 0.6) is 5.75 Å². The number of rotatable bonds is 6. The first kappa shape index (κ1) is 22.0. The van der Waals surface area contributed by atoms with Crippen LogP contribution in [-0.4, -0.2) is 49.6 Å². The van der Waals surface area contributed by atoms with E-state index in [1.807, 2.05) is 0 Å². The van der Waals surface area contributed by atoms with Crippen molar-refractivity contribution in [3.63, 3.8) is 0 Å². The van der Waals surface area contributed by atoms with Crippen molar-refractivity contribution >= 4 is 5.91 Å². The fourth-order valence-electron chi connectivity index (χ4n) is 2.67. The summed E-state index contributed by atoms with van der Waals surface area (Å²) in [6.07, 6.45) is -1.95. The summed E-state index contributed by atoms with van der Waals surface area (Å²) in [6, 6.07) is 5.46. The molecule has 1 atom stereocenters. The number of hydrogen-bond acceptors (Lipinski definition) is 6. The number of ether oxygens (including phenoxy) is 1. The lowest BCUT2D eigenvalue weighted by Crippen LogP contribution is -2.39. The number of hydrogen-bond donors (Lipinski definition) is 2. The number of aliphatic hydroxyl groups excluding tert-OH is 1. The second kappa shape index (κ2) is 8.60. The van der Waals surface area contributed by atoms with Gasteiger partial charge in [-0.15, -0.1) is 13.2 Å². The smallest absolute Gasteiger partial charge is 0.406 e. The van der Waals surface area contributed by atoms with Crippen molar-refractivity contribution in [2.24, 2.45) is 7.05 Å². The normalized spacial score (nSPS) is 12.5. The predicted molar refractivity (Wildman–Crippen MR) is 103 cm³/mol. The van der Waals surface area contributed by atoms with Crippen LogP contribution >= 0.6 is 0 Å². The van der Waals surface area contributed by atoms with Gasteiger partial charge in [0.25, 0.3) is 11.5 Å². The summed E-state index contributed by atoms with van der Waals surface area (Å²) in [6.45, 7) is 1.22. The van der Waals surface area contributed by atoms with Crippen LogP contribution in [0.3, 0.4) is 0 Å². The first-order valence-corrected chi connectivity index (χ1v) is 8.98. The number of nitrogens with one attached hydrogen (secondary N) is 1. The van der Waals surface area contributed by atoms with Crippen LogP contribution in [0, 0.1) is 0 Å². The van der Waals surface area contributed by atoms with Crippen molar-refractivity contribution in [2.45, 2.75) is 19.3 Å². The summed E-state index contributed by atoms with van der Waals surface area (Å²) in [5.41, 5.74) is -0.197. The molecule has 0 saturated carbocycles. The SMILES string of the molecule is CC(CO)NC(=O)c1cc(-c2ccc(OC(F)(F)F)cc2)nn(-c2cnn(C)c2)c1=O. The monoisotopic (exact) mass is 437 g/mol. The molecular weight excluding hydrogens is 419 g/mol. The Morgan fingerprint density at radius 1 is 1.29 bits per heavy atom. The molecule has 0 saturated heterocycles. The second-order valence-electron chi connectivity index (χ2n) is 6.66. The van der Waals surface area contributed by atoms with Gasteiger partial charge in [-0.1, -0.05) is 0 Å². The number of aliphatic hydroxyl groups is 1. The van der Waals surface area contributed by atoms with Gasteiger partial charge >= 0.3 is 6.36 Å². The van der Waals surface area contributed by atoms with E-state index in [2.05, 4.69) is 20.3 Å². The molecule has 0 spiro atoms. The molecule has 2 aromatic heterocycles. The van der Waals surface area contributed by atoms with Crippen molar-refractivity contribution in [1.82, 2.24) is 24.9 Å². The fourth-order valence-corrected chi connectivity index (χ4v) is 2.67. The molecule has 31 heavy (non-hydrogen) atoms. The molecule has 3 aromatic rings. The number of amides is 1. The van der Waals surface area contributed by atoms with Crippen molar-refractivity contribution < 1.29 is 27.8 Å². The number of nitrogens with zero attached hydrogens (tertiary/aromatic N) is 4. The molecule has 1 amide bonds. The highest BCUT2D eigenvalue weighted by atomic mass is 19.4. The topological polar surface area (TPSA) is 111 Å². The molecule has 164 valence electrons. The molecule has 9 nitrogen and oxygen atoms in total. The van der Waals surface area contributed by atoms with Gasteiger partial charge in [-0.2, -0.15) is 14.9 Å². The zero-order chi connectivity index (χ0) is 22.8. The van der Waals surface area contributed by atoms with Crippen molar-refractivity contribution in [2.75, 3.05) is 6.61 Å². The Morgan fingerprint density at radius 2 is 1.97 bits per heavy atom. The number of carbonyl (C=O) groups is 1. The summed E-state index contributed by atoms with van der Waals surface area (Å²) >= 11 is 0. The lowest BCUT2D eigenvalue weighted by atomic mass is 10.1. The minimum Gasteiger partial charge on any atom is -0.406 e. The lowest BCUT2D eigenvalue weighted by Gasteiger charge is -2.13. The van der Waals surface area contributed by atoms with Crippen LogP contribution in [0.25, 0.3) is 16.9 Å². The molecule has 1 aromatic carbocycles. The molecule has 0 radical (unpaired) electrons. The number of carbonyl (C=O) groups excluding carboxylic acids is 1. The maximum atomic E-state index is 12.9. The Morgan fingerprint density at radius 3 is 2.52 bits per heavy atom. The average Bonchev–Trinajstić information content (AvgIpc) is 3.13. The molecule has 0 aliphatic heterocycles. The van der Waals surface area contributed by atoms with E-state index in [1.54, 1.807) is 14.0 Å². The molecule has 3 rings (SSSR count). The molecule has 0 fully saturated rings. The number of halogens is 3. The third-order valence-electron chi connectivity index (χ3n) is 4.13. The Balaban J connectivity index is 2.08. The second-order valence-corrected chi connectivity index (χ2v) is 6.66. The van der Waals surface area contributed by atoms with Crippen LogP contribution in [0.2, 0.25) is 0 Å². The third-order valence-corrected chi connectivity index (χ3v) is 4.13. The quantitative estimate of drug-likeness (QED) is 0.607. The van der Waals surface area contributed by atoms with Gasteiger partial charge in [0.15, 0.2) is 0 Å². The zero-order valence-electron chi connectivity index (χ0n) is 16.4. The Bertz CT molecular complexity index is 1140. The predicted octanol–water partition coefficient (Wildman–Crippen LogP) is 1.64. The lowest BCUT2D eigenvalue weighted by molar-refractivity contribution is -0.274. The summed E-state index contributed by atoms with van der Waals surface area (Å²) in [5, 5.41) is 19.9. The highest BCUT2D eigenvalue weighted by Crippen LogP contribution is 2.26. The van der Waals surface area contributed by atoms with Crippen molar-refractivity contribution in [3.8, 4) is 22.7 Å². The van der Waals surface area contributed by atoms with Crippen molar-refractivity contribution in [3.05, 3.63) is 58.6 Å². The van der Waals surface area contributed by atoms with Gasteiger partial charge < -0.3 is 15.2 Å². The standard InChI is InChI=1S/C19H18F3N5O4/c1-11(10-28)24-17(29)15-7-16(12-3-5-14(6-4-12)31-19(20,21)22)25-27(18(15)30)13-8-23-26(2)9-13/h3-9,11,28H,10H2,1-2H3,(H,24,29).